The van der Waals surface area contributed by atoms with E-state index in [1.54, 1.807) is 0 Å². The second-order valence-electron chi connectivity index (χ2n) is 3.98. The van der Waals surface area contributed by atoms with E-state index in [-0.39, 0.29) is 0 Å². The Morgan fingerprint density at radius 1 is 1.38 bits per heavy atom. The van der Waals surface area contributed by atoms with Crippen LogP contribution < -0.4 is 5.32 Å². The maximum absolute atomic E-state index is 3.76. The molecule has 2 aliphatic rings. The molecule has 1 unspecified atom stereocenters. The van der Waals surface area contributed by atoms with Crippen molar-refractivity contribution >= 4 is 0 Å². The van der Waals surface area contributed by atoms with E-state index in [0.717, 1.165) is 5.70 Å². The highest BCUT2D eigenvalue weighted by molar-refractivity contribution is 5.60. The Morgan fingerprint density at radius 3 is 2.88 bits per heavy atom. The molecule has 1 aliphatic carbocycles. The van der Waals surface area contributed by atoms with Crippen LogP contribution in [0.5, 0.6) is 0 Å². The van der Waals surface area contributed by atoms with E-state index in [1.807, 2.05) is 12.2 Å². The third-order valence-corrected chi connectivity index (χ3v) is 3.03. The summed E-state index contributed by atoms with van der Waals surface area (Å²) in [7, 11) is 0. The van der Waals surface area contributed by atoms with Gasteiger partial charge >= 0.3 is 0 Å². The van der Waals surface area contributed by atoms with Gasteiger partial charge in [-0.15, -0.1) is 0 Å². The van der Waals surface area contributed by atoms with E-state index in [0.29, 0.717) is 6.04 Å². The predicted molar refractivity (Wildman–Crippen MR) is 69.9 cm³/mol. The lowest BCUT2D eigenvalue weighted by atomic mass is 9.89. The van der Waals surface area contributed by atoms with Crippen molar-refractivity contribution in [2.75, 3.05) is 0 Å². The van der Waals surface area contributed by atoms with Crippen molar-refractivity contribution in [2.45, 2.75) is 19.9 Å². The molecule has 0 amide bonds. The Bertz CT molecular complexity index is 456. The van der Waals surface area contributed by atoms with Crippen LogP contribution in [-0.4, -0.2) is 6.04 Å². The van der Waals surface area contributed by atoms with Gasteiger partial charge in [-0.2, -0.15) is 0 Å². The van der Waals surface area contributed by atoms with E-state index in [9.17, 15) is 0 Å². The van der Waals surface area contributed by atoms with Gasteiger partial charge < -0.3 is 5.32 Å². The molecule has 1 aliphatic heterocycles. The van der Waals surface area contributed by atoms with Crippen molar-refractivity contribution in [3.8, 4) is 0 Å². The van der Waals surface area contributed by atoms with Crippen LogP contribution in [0, 0.1) is 0 Å². The molecule has 0 saturated carbocycles. The standard InChI is InChI=1S/C15H17N/c1-4-8-15-12(5-2)13-9-6-7-10-14(16-15)11(13)3/h4-10,14,16H,1H2,2-3H3/b12-5-,15-8+. The maximum Gasteiger partial charge on any atom is 0.0667 e. The van der Waals surface area contributed by atoms with Crippen LogP contribution >= 0.6 is 0 Å². The molecule has 2 bridgehead atoms. The first kappa shape index (κ1) is 10.7. The minimum atomic E-state index is 0.305. The van der Waals surface area contributed by atoms with Gasteiger partial charge in [0.15, 0.2) is 0 Å². The number of hydrogen-bond donors (Lipinski definition) is 1. The van der Waals surface area contributed by atoms with Crippen molar-refractivity contribution in [3.63, 3.8) is 0 Å². The van der Waals surface area contributed by atoms with E-state index in [4.69, 9.17) is 0 Å². The molecule has 0 aromatic heterocycles. The predicted octanol–water partition coefficient (Wildman–Crippen LogP) is 3.42. The van der Waals surface area contributed by atoms with E-state index in [1.165, 1.54) is 16.7 Å². The first-order valence-electron chi connectivity index (χ1n) is 5.60. The molecule has 1 atom stereocenters. The average molecular weight is 211 g/mol. The van der Waals surface area contributed by atoms with Gasteiger partial charge in [0.05, 0.1) is 6.04 Å². The molecule has 0 fully saturated rings. The van der Waals surface area contributed by atoms with Crippen molar-refractivity contribution in [1.82, 2.24) is 5.32 Å². The molecule has 16 heavy (non-hydrogen) atoms. The van der Waals surface area contributed by atoms with Crippen LogP contribution in [0.25, 0.3) is 0 Å². The lowest BCUT2D eigenvalue weighted by Gasteiger charge is -2.29. The highest BCUT2D eigenvalue weighted by Gasteiger charge is 2.23. The fraction of sp³-hybridized carbons (Fsp3) is 0.200. The van der Waals surface area contributed by atoms with E-state index >= 15 is 0 Å². The van der Waals surface area contributed by atoms with E-state index < -0.39 is 0 Å². The summed E-state index contributed by atoms with van der Waals surface area (Å²) >= 11 is 0. The minimum absolute atomic E-state index is 0.305. The smallest absolute Gasteiger partial charge is 0.0667 e. The Labute approximate surface area is 97.2 Å². The van der Waals surface area contributed by atoms with Gasteiger partial charge in [-0.25, -0.2) is 0 Å². The van der Waals surface area contributed by atoms with Gasteiger partial charge in [-0.1, -0.05) is 43.0 Å². The number of nitrogens with one attached hydrogen (secondary N) is 1. The first-order chi connectivity index (χ1) is 7.77. The van der Waals surface area contributed by atoms with Gasteiger partial charge in [0.25, 0.3) is 0 Å². The molecule has 82 valence electrons. The topological polar surface area (TPSA) is 12.0 Å². The van der Waals surface area contributed by atoms with Crippen molar-refractivity contribution < 1.29 is 0 Å². The zero-order chi connectivity index (χ0) is 11.5. The molecule has 1 heteroatoms. The molecule has 0 aromatic rings. The molecule has 0 spiro atoms. The van der Waals surface area contributed by atoms with Crippen molar-refractivity contribution in [3.05, 3.63) is 71.5 Å². The summed E-state index contributed by atoms with van der Waals surface area (Å²) in [6.45, 7) is 8.02. The summed E-state index contributed by atoms with van der Waals surface area (Å²) in [4.78, 5) is 0. The SMILES string of the molecule is C=C/C=C1/NC2C=CC=CC(=C2C)/C1=C/C. The zero-order valence-corrected chi connectivity index (χ0v) is 9.83. The molecule has 0 aromatic carbocycles. The molecule has 0 radical (unpaired) electrons. The third-order valence-electron chi connectivity index (χ3n) is 3.03. The van der Waals surface area contributed by atoms with Gasteiger partial charge in [0.2, 0.25) is 0 Å². The van der Waals surface area contributed by atoms with Crippen LogP contribution in [0.3, 0.4) is 0 Å². The molecule has 2 rings (SSSR count). The number of hydrogen-bond acceptors (Lipinski definition) is 1. The number of allylic oxidation sites excluding steroid dienone is 7. The summed E-state index contributed by atoms with van der Waals surface area (Å²) in [6.07, 6.45) is 14.6. The maximum atomic E-state index is 3.76. The highest BCUT2D eigenvalue weighted by Crippen LogP contribution is 2.31. The first-order valence-corrected chi connectivity index (χ1v) is 5.60. The fourth-order valence-electron chi connectivity index (χ4n) is 2.19. The Kier molecular flexibility index (Phi) is 2.95. The van der Waals surface area contributed by atoms with Crippen LogP contribution in [0.4, 0.5) is 0 Å². The molecule has 0 saturated heterocycles. The average Bonchev–Trinajstić information content (AvgIpc) is 2.41. The highest BCUT2D eigenvalue weighted by atomic mass is 14.9. The van der Waals surface area contributed by atoms with Gasteiger partial charge in [-0.05, 0) is 31.1 Å². The summed E-state index contributed by atoms with van der Waals surface area (Å²) in [5, 5.41) is 3.51. The zero-order valence-electron chi connectivity index (χ0n) is 9.83. The number of rotatable bonds is 1. The minimum Gasteiger partial charge on any atom is -0.375 e. The summed E-state index contributed by atoms with van der Waals surface area (Å²) in [5.74, 6) is 0. The van der Waals surface area contributed by atoms with Crippen LogP contribution in [0.1, 0.15) is 13.8 Å². The lowest BCUT2D eigenvalue weighted by molar-refractivity contribution is 0.732. The van der Waals surface area contributed by atoms with Crippen LogP contribution in [0.2, 0.25) is 0 Å². The summed E-state index contributed by atoms with van der Waals surface area (Å²) in [5.41, 5.74) is 5.11. The Hall–Kier alpha value is -1.76. The van der Waals surface area contributed by atoms with Crippen molar-refractivity contribution in [2.24, 2.45) is 0 Å². The van der Waals surface area contributed by atoms with Gasteiger partial charge in [0.1, 0.15) is 0 Å². The molecule has 1 N–H and O–H groups in total. The molecular weight excluding hydrogens is 194 g/mol. The molecule has 1 heterocycles. The second-order valence-corrected chi connectivity index (χ2v) is 3.98. The third kappa shape index (κ3) is 1.69. The van der Waals surface area contributed by atoms with E-state index in [2.05, 4.69) is 56.1 Å². The summed E-state index contributed by atoms with van der Waals surface area (Å²) < 4.78 is 0. The quantitative estimate of drug-likeness (QED) is 0.700. The monoisotopic (exact) mass is 211 g/mol. The number of fused-ring (bicyclic) bond motifs is 1. The van der Waals surface area contributed by atoms with Crippen LogP contribution in [0.15, 0.2) is 71.5 Å². The van der Waals surface area contributed by atoms with Gasteiger partial charge in [0, 0.05) is 11.3 Å². The Balaban J connectivity index is 2.58. The summed E-state index contributed by atoms with van der Waals surface area (Å²) in [6, 6.07) is 0.305. The van der Waals surface area contributed by atoms with Crippen LogP contribution in [-0.2, 0) is 0 Å². The lowest BCUT2D eigenvalue weighted by Crippen LogP contribution is -2.33. The second kappa shape index (κ2) is 4.40. The largest absolute Gasteiger partial charge is 0.375 e. The van der Waals surface area contributed by atoms with Crippen molar-refractivity contribution in [1.29, 1.82) is 0 Å². The molecular formula is C15H17N. The van der Waals surface area contributed by atoms with Gasteiger partial charge in [-0.3, -0.25) is 0 Å². The normalized spacial score (nSPS) is 28.2. The Morgan fingerprint density at radius 2 is 2.19 bits per heavy atom. The molecule has 1 nitrogen and oxygen atoms in total. The fourth-order valence-corrected chi connectivity index (χ4v) is 2.19.